The Hall–Kier alpha value is -2.00. The Morgan fingerprint density at radius 2 is 1.40 bits per heavy atom. The molecule has 0 heterocycles. The van der Waals surface area contributed by atoms with E-state index in [1.54, 1.807) is 14.2 Å². The lowest BCUT2D eigenvalue weighted by molar-refractivity contribution is 0.382. The molecule has 1 unspecified atom stereocenters. The zero-order valence-corrected chi connectivity index (χ0v) is 12.4. The van der Waals surface area contributed by atoms with Gasteiger partial charge in [0.1, 0.15) is 11.5 Å². The molecule has 2 N–H and O–H groups in total. The minimum atomic E-state index is -0.278. The number of nitrogens with two attached hydrogens (primary N) is 1. The molecular weight excluding hydrogens is 250 g/mol. The molecule has 0 aromatic heterocycles. The van der Waals surface area contributed by atoms with E-state index in [0.29, 0.717) is 0 Å². The number of hydrogen-bond acceptors (Lipinski definition) is 3. The van der Waals surface area contributed by atoms with Crippen molar-refractivity contribution < 1.29 is 9.47 Å². The summed E-state index contributed by atoms with van der Waals surface area (Å²) in [5.74, 6) is 1.49. The Bertz CT molecular complexity index is 565. The van der Waals surface area contributed by atoms with Crippen LogP contribution in [0.3, 0.4) is 0 Å². The molecule has 0 fully saturated rings. The standard InChI is InChI=1S/C17H21NO2/c1-11-8-12(2)10-13(9-11)17(18)16-14(19-3)6-5-7-15(16)20-4/h5-10,17H,18H2,1-4H3. The van der Waals surface area contributed by atoms with Gasteiger partial charge in [0, 0.05) is 0 Å². The minimum absolute atomic E-state index is 0.278. The molecule has 0 aliphatic rings. The highest BCUT2D eigenvalue weighted by Gasteiger charge is 2.19. The summed E-state index contributed by atoms with van der Waals surface area (Å²) >= 11 is 0. The predicted molar refractivity (Wildman–Crippen MR) is 81.5 cm³/mol. The van der Waals surface area contributed by atoms with Crippen LogP contribution in [0.25, 0.3) is 0 Å². The second-order valence-corrected chi connectivity index (χ2v) is 4.97. The van der Waals surface area contributed by atoms with Crippen LogP contribution in [0.2, 0.25) is 0 Å². The lowest BCUT2D eigenvalue weighted by Gasteiger charge is -2.20. The summed E-state index contributed by atoms with van der Waals surface area (Å²) in [7, 11) is 3.29. The second kappa shape index (κ2) is 5.97. The molecule has 2 aromatic rings. The molecule has 0 radical (unpaired) electrons. The van der Waals surface area contributed by atoms with Crippen LogP contribution in [-0.2, 0) is 0 Å². The van der Waals surface area contributed by atoms with Crippen LogP contribution >= 0.6 is 0 Å². The lowest BCUT2D eigenvalue weighted by atomic mass is 9.95. The van der Waals surface area contributed by atoms with E-state index < -0.39 is 0 Å². The van der Waals surface area contributed by atoms with Gasteiger partial charge in [-0.1, -0.05) is 35.4 Å². The summed E-state index contributed by atoms with van der Waals surface area (Å²) < 4.78 is 10.9. The van der Waals surface area contributed by atoms with E-state index in [2.05, 4.69) is 32.0 Å². The highest BCUT2D eigenvalue weighted by atomic mass is 16.5. The Kier molecular flexibility index (Phi) is 4.30. The van der Waals surface area contributed by atoms with E-state index in [4.69, 9.17) is 15.2 Å². The van der Waals surface area contributed by atoms with Crippen molar-refractivity contribution in [2.45, 2.75) is 19.9 Å². The summed E-state index contributed by atoms with van der Waals surface area (Å²) in [4.78, 5) is 0. The van der Waals surface area contributed by atoms with E-state index in [0.717, 1.165) is 22.6 Å². The van der Waals surface area contributed by atoms with Crippen molar-refractivity contribution in [1.82, 2.24) is 0 Å². The van der Waals surface area contributed by atoms with Gasteiger partial charge in [-0.3, -0.25) is 0 Å². The Morgan fingerprint density at radius 3 is 1.85 bits per heavy atom. The Labute approximate surface area is 120 Å². The molecule has 3 nitrogen and oxygen atoms in total. The van der Waals surface area contributed by atoms with Crippen LogP contribution in [0.1, 0.15) is 28.3 Å². The van der Waals surface area contributed by atoms with Gasteiger partial charge in [0.2, 0.25) is 0 Å². The topological polar surface area (TPSA) is 44.5 Å². The summed E-state index contributed by atoms with van der Waals surface area (Å²) in [6.07, 6.45) is 0. The number of ether oxygens (including phenoxy) is 2. The van der Waals surface area contributed by atoms with Crippen molar-refractivity contribution >= 4 is 0 Å². The summed E-state index contributed by atoms with van der Waals surface area (Å²) in [5.41, 5.74) is 10.8. The summed E-state index contributed by atoms with van der Waals surface area (Å²) in [6, 6.07) is 11.8. The molecule has 0 spiro atoms. The van der Waals surface area contributed by atoms with E-state index in [1.807, 2.05) is 18.2 Å². The lowest BCUT2D eigenvalue weighted by Crippen LogP contribution is -2.14. The first-order chi connectivity index (χ1) is 9.56. The monoisotopic (exact) mass is 271 g/mol. The van der Waals surface area contributed by atoms with E-state index in [9.17, 15) is 0 Å². The molecule has 2 aromatic carbocycles. The van der Waals surface area contributed by atoms with Crippen LogP contribution in [0.5, 0.6) is 11.5 Å². The van der Waals surface area contributed by atoms with E-state index in [-0.39, 0.29) is 6.04 Å². The molecule has 0 bridgehead atoms. The van der Waals surface area contributed by atoms with Gasteiger partial charge in [-0.25, -0.2) is 0 Å². The maximum atomic E-state index is 6.45. The van der Waals surface area contributed by atoms with Crippen molar-refractivity contribution in [3.63, 3.8) is 0 Å². The Balaban J connectivity index is 2.54. The molecule has 0 amide bonds. The molecule has 0 saturated heterocycles. The maximum Gasteiger partial charge on any atom is 0.127 e. The Morgan fingerprint density at radius 1 is 0.900 bits per heavy atom. The van der Waals surface area contributed by atoms with Gasteiger partial charge in [0.05, 0.1) is 25.8 Å². The first kappa shape index (κ1) is 14.4. The average molecular weight is 271 g/mol. The quantitative estimate of drug-likeness (QED) is 0.927. The number of benzene rings is 2. The van der Waals surface area contributed by atoms with Crippen molar-refractivity contribution in [2.24, 2.45) is 5.73 Å². The third-order valence-electron chi connectivity index (χ3n) is 3.38. The third kappa shape index (κ3) is 2.78. The zero-order chi connectivity index (χ0) is 14.7. The fraction of sp³-hybridized carbons (Fsp3) is 0.294. The number of aryl methyl sites for hydroxylation is 2. The molecule has 1 atom stereocenters. The van der Waals surface area contributed by atoms with E-state index in [1.165, 1.54) is 11.1 Å². The highest BCUT2D eigenvalue weighted by molar-refractivity contribution is 5.51. The highest BCUT2D eigenvalue weighted by Crippen LogP contribution is 2.36. The van der Waals surface area contributed by atoms with Crippen molar-refractivity contribution in [3.05, 3.63) is 58.7 Å². The molecule has 0 aliphatic carbocycles. The SMILES string of the molecule is COc1cccc(OC)c1C(N)c1cc(C)cc(C)c1. The van der Waals surface area contributed by atoms with Gasteiger partial charge < -0.3 is 15.2 Å². The second-order valence-electron chi connectivity index (χ2n) is 4.97. The fourth-order valence-corrected chi connectivity index (χ4v) is 2.54. The molecule has 0 saturated carbocycles. The zero-order valence-electron chi connectivity index (χ0n) is 12.4. The summed E-state index contributed by atoms with van der Waals surface area (Å²) in [5, 5.41) is 0. The van der Waals surface area contributed by atoms with E-state index >= 15 is 0 Å². The van der Waals surface area contributed by atoms with Crippen molar-refractivity contribution in [2.75, 3.05) is 14.2 Å². The smallest absolute Gasteiger partial charge is 0.127 e. The van der Waals surface area contributed by atoms with Gasteiger partial charge >= 0.3 is 0 Å². The predicted octanol–water partition coefficient (Wildman–Crippen LogP) is 3.37. The normalized spacial score (nSPS) is 12.1. The fourth-order valence-electron chi connectivity index (χ4n) is 2.54. The first-order valence-electron chi connectivity index (χ1n) is 6.61. The van der Waals surface area contributed by atoms with Crippen LogP contribution in [0.4, 0.5) is 0 Å². The molecule has 106 valence electrons. The third-order valence-corrected chi connectivity index (χ3v) is 3.38. The van der Waals surface area contributed by atoms with Crippen LogP contribution in [0.15, 0.2) is 36.4 Å². The van der Waals surface area contributed by atoms with Crippen LogP contribution in [-0.4, -0.2) is 14.2 Å². The van der Waals surface area contributed by atoms with Gasteiger partial charge in [-0.2, -0.15) is 0 Å². The first-order valence-corrected chi connectivity index (χ1v) is 6.61. The maximum absolute atomic E-state index is 6.45. The van der Waals surface area contributed by atoms with Crippen molar-refractivity contribution in [3.8, 4) is 11.5 Å². The minimum Gasteiger partial charge on any atom is -0.496 e. The molecule has 2 rings (SSSR count). The average Bonchev–Trinajstić information content (AvgIpc) is 2.44. The molecule has 20 heavy (non-hydrogen) atoms. The van der Waals surface area contributed by atoms with Crippen LogP contribution in [0, 0.1) is 13.8 Å². The number of rotatable bonds is 4. The molecular formula is C17H21NO2. The van der Waals surface area contributed by atoms with Gasteiger partial charge in [0.25, 0.3) is 0 Å². The van der Waals surface area contributed by atoms with Crippen LogP contribution < -0.4 is 15.2 Å². The van der Waals surface area contributed by atoms with Crippen molar-refractivity contribution in [1.29, 1.82) is 0 Å². The number of methoxy groups -OCH3 is 2. The largest absolute Gasteiger partial charge is 0.496 e. The number of hydrogen-bond donors (Lipinski definition) is 1. The van der Waals surface area contributed by atoms with Gasteiger partial charge in [-0.05, 0) is 31.5 Å². The summed E-state index contributed by atoms with van der Waals surface area (Å²) in [6.45, 7) is 4.14. The van der Waals surface area contributed by atoms with Gasteiger partial charge in [0.15, 0.2) is 0 Å². The molecule has 0 aliphatic heterocycles. The van der Waals surface area contributed by atoms with Gasteiger partial charge in [-0.15, -0.1) is 0 Å². The molecule has 3 heteroatoms.